The SMILES string of the molecule is BC1(B)c2ncccc2C(=O)N1Cc1c(F)cc(-c2ccc(O)c3nn(C)cc23)cc1F. The lowest BCUT2D eigenvalue weighted by Gasteiger charge is -2.32. The smallest absolute Gasteiger partial charge is 0.255 e. The highest BCUT2D eigenvalue weighted by Gasteiger charge is 2.44. The third kappa shape index (κ3) is 2.90. The Kier molecular flexibility index (Phi) is 4.37. The highest BCUT2D eigenvalue weighted by molar-refractivity contribution is 6.42. The summed E-state index contributed by atoms with van der Waals surface area (Å²) < 4.78 is 31.9. The standard InChI is InChI=1S/C22H18B2F2N4O2/c1-29-9-14-12(4-5-18(31)19(14)28-29)11-7-16(25)15(17(26)8-11)10-30-21(32)13-3-2-6-27-20(13)22(30,23)24/h2-9,31H,10,23-24H2,1H3. The maximum absolute atomic E-state index is 15.2. The lowest BCUT2D eigenvalue weighted by molar-refractivity contribution is 0.0727. The lowest BCUT2D eigenvalue weighted by atomic mass is 9.59. The van der Waals surface area contributed by atoms with Gasteiger partial charge in [0.25, 0.3) is 5.91 Å². The largest absolute Gasteiger partial charge is 0.506 e. The predicted molar refractivity (Wildman–Crippen MR) is 121 cm³/mol. The van der Waals surface area contributed by atoms with E-state index in [-0.39, 0.29) is 23.8 Å². The van der Waals surface area contributed by atoms with Crippen molar-refractivity contribution in [2.75, 3.05) is 0 Å². The molecule has 0 bridgehead atoms. The van der Waals surface area contributed by atoms with Crippen LogP contribution in [0.2, 0.25) is 0 Å². The van der Waals surface area contributed by atoms with Gasteiger partial charge in [0.1, 0.15) is 38.6 Å². The van der Waals surface area contributed by atoms with Gasteiger partial charge in [-0.2, -0.15) is 5.10 Å². The van der Waals surface area contributed by atoms with Crippen molar-refractivity contribution in [3.63, 3.8) is 0 Å². The normalized spacial score (nSPS) is 14.8. The second-order valence-corrected chi connectivity index (χ2v) is 8.47. The van der Waals surface area contributed by atoms with Gasteiger partial charge in [-0.15, -0.1) is 0 Å². The number of aromatic nitrogens is 3. The Morgan fingerprint density at radius 2 is 1.84 bits per heavy atom. The summed E-state index contributed by atoms with van der Waals surface area (Å²) in [6, 6.07) is 8.88. The van der Waals surface area contributed by atoms with Gasteiger partial charge < -0.3 is 10.0 Å². The van der Waals surface area contributed by atoms with Crippen LogP contribution in [0.1, 0.15) is 21.6 Å². The fourth-order valence-corrected chi connectivity index (χ4v) is 4.39. The molecule has 4 aromatic rings. The Labute approximate surface area is 184 Å². The highest BCUT2D eigenvalue weighted by atomic mass is 19.1. The molecule has 2 aromatic carbocycles. The van der Waals surface area contributed by atoms with Crippen LogP contribution in [0, 0.1) is 11.6 Å². The number of hydrogen-bond donors (Lipinski definition) is 1. The molecule has 6 nitrogen and oxygen atoms in total. The molecule has 0 saturated heterocycles. The van der Waals surface area contributed by atoms with Crippen molar-refractivity contribution in [2.24, 2.45) is 7.05 Å². The number of fused-ring (bicyclic) bond motifs is 2. The van der Waals surface area contributed by atoms with Crippen LogP contribution in [0.4, 0.5) is 8.78 Å². The van der Waals surface area contributed by atoms with Gasteiger partial charge in [-0.05, 0) is 47.5 Å². The number of halogens is 2. The van der Waals surface area contributed by atoms with Crippen molar-refractivity contribution >= 4 is 32.5 Å². The van der Waals surface area contributed by atoms with E-state index in [0.717, 1.165) is 0 Å². The minimum Gasteiger partial charge on any atom is -0.506 e. The zero-order chi connectivity index (χ0) is 22.8. The average molecular weight is 430 g/mol. The van der Waals surface area contributed by atoms with Crippen LogP contribution >= 0.6 is 0 Å². The molecule has 5 rings (SSSR count). The van der Waals surface area contributed by atoms with Crippen molar-refractivity contribution in [3.8, 4) is 16.9 Å². The van der Waals surface area contributed by atoms with E-state index < -0.39 is 17.0 Å². The third-order valence-electron chi connectivity index (χ3n) is 6.08. The van der Waals surface area contributed by atoms with E-state index in [1.165, 1.54) is 27.8 Å². The molecule has 2 aromatic heterocycles. The summed E-state index contributed by atoms with van der Waals surface area (Å²) in [6.45, 7) is -0.224. The number of aromatic hydroxyl groups is 1. The first-order valence-corrected chi connectivity index (χ1v) is 10.1. The maximum Gasteiger partial charge on any atom is 0.255 e. The van der Waals surface area contributed by atoms with E-state index in [2.05, 4.69) is 10.1 Å². The molecular weight excluding hydrogens is 412 g/mol. The second kappa shape index (κ2) is 6.91. The number of carbonyl (C=O) groups is 1. The summed E-state index contributed by atoms with van der Waals surface area (Å²) in [4.78, 5) is 18.7. The average Bonchev–Trinajstić information content (AvgIpc) is 3.22. The van der Waals surface area contributed by atoms with Crippen LogP contribution in [0.3, 0.4) is 0 Å². The quantitative estimate of drug-likeness (QED) is 0.503. The van der Waals surface area contributed by atoms with Gasteiger partial charge >= 0.3 is 0 Å². The topological polar surface area (TPSA) is 71.2 Å². The van der Waals surface area contributed by atoms with E-state index in [9.17, 15) is 9.90 Å². The number of carbonyl (C=O) groups excluding carboxylic acids is 1. The Balaban J connectivity index is 1.55. The van der Waals surface area contributed by atoms with Crippen molar-refractivity contribution < 1.29 is 18.7 Å². The van der Waals surface area contributed by atoms with Gasteiger partial charge in [-0.3, -0.25) is 14.5 Å². The van der Waals surface area contributed by atoms with E-state index in [4.69, 9.17) is 0 Å². The molecule has 0 saturated carbocycles. The summed E-state index contributed by atoms with van der Waals surface area (Å²) in [5.41, 5.74) is 2.06. The van der Waals surface area contributed by atoms with E-state index in [1.54, 1.807) is 37.6 Å². The second-order valence-electron chi connectivity index (χ2n) is 8.47. The van der Waals surface area contributed by atoms with Crippen LogP contribution in [0.15, 0.2) is 48.8 Å². The number of pyridine rings is 1. The van der Waals surface area contributed by atoms with Crippen molar-refractivity contribution in [2.45, 2.75) is 11.9 Å². The summed E-state index contributed by atoms with van der Waals surface area (Å²) >= 11 is 0. The molecule has 1 aliphatic heterocycles. The highest BCUT2D eigenvalue weighted by Crippen LogP contribution is 2.37. The summed E-state index contributed by atoms with van der Waals surface area (Å²) in [5, 5.41) is 14.0. The van der Waals surface area contributed by atoms with E-state index >= 15 is 8.78 Å². The molecule has 0 atom stereocenters. The number of aryl methyl sites for hydroxylation is 1. The maximum atomic E-state index is 15.2. The van der Waals surface area contributed by atoms with E-state index in [1.807, 2.05) is 15.7 Å². The number of benzene rings is 2. The molecule has 1 aliphatic rings. The molecule has 0 fully saturated rings. The zero-order valence-corrected chi connectivity index (χ0v) is 17.7. The number of amides is 1. The molecule has 3 heterocycles. The number of rotatable bonds is 3. The molecule has 0 unspecified atom stereocenters. The fraction of sp³-hybridized carbons (Fsp3) is 0.136. The number of phenolic OH excluding ortho intramolecular Hbond substituents is 1. The first-order valence-electron chi connectivity index (χ1n) is 10.1. The van der Waals surface area contributed by atoms with Crippen molar-refractivity contribution in [3.05, 3.63) is 77.2 Å². The third-order valence-corrected chi connectivity index (χ3v) is 6.08. The van der Waals surface area contributed by atoms with Crippen LogP contribution in [0.25, 0.3) is 22.0 Å². The van der Waals surface area contributed by atoms with Crippen LogP contribution in [-0.2, 0) is 18.9 Å². The number of hydrogen-bond acceptors (Lipinski definition) is 4. The minimum atomic E-state index is -0.802. The number of nitrogens with zero attached hydrogens (tertiary/aromatic N) is 4. The first-order chi connectivity index (χ1) is 15.2. The number of phenols is 1. The molecule has 0 spiro atoms. The van der Waals surface area contributed by atoms with E-state index in [0.29, 0.717) is 33.3 Å². The fourth-order valence-electron chi connectivity index (χ4n) is 4.39. The predicted octanol–water partition coefficient (Wildman–Crippen LogP) is 1.65. The molecular formula is C22H18B2F2N4O2. The Morgan fingerprint density at radius 3 is 2.53 bits per heavy atom. The van der Waals surface area contributed by atoms with Crippen molar-refractivity contribution in [1.29, 1.82) is 0 Å². The molecule has 0 aliphatic carbocycles. The van der Waals surface area contributed by atoms with Gasteiger partial charge in [0, 0.05) is 35.7 Å². The monoisotopic (exact) mass is 430 g/mol. The summed E-state index contributed by atoms with van der Waals surface area (Å²) in [6.07, 6.45) is 3.29. The lowest BCUT2D eigenvalue weighted by Crippen LogP contribution is -2.45. The van der Waals surface area contributed by atoms with Crippen LogP contribution in [0.5, 0.6) is 5.75 Å². The van der Waals surface area contributed by atoms with Crippen LogP contribution < -0.4 is 0 Å². The summed E-state index contributed by atoms with van der Waals surface area (Å²) in [7, 11) is 5.32. The first kappa shape index (κ1) is 20.2. The molecule has 32 heavy (non-hydrogen) atoms. The Morgan fingerprint density at radius 1 is 1.12 bits per heavy atom. The molecule has 10 heteroatoms. The Bertz CT molecular complexity index is 1400. The van der Waals surface area contributed by atoms with Crippen LogP contribution in [-0.4, -0.2) is 46.4 Å². The van der Waals surface area contributed by atoms with Gasteiger partial charge in [-0.25, -0.2) is 8.78 Å². The molecule has 158 valence electrons. The molecule has 1 amide bonds. The van der Waals surface area contributed by atoms with Gasteiger partial charge in [0.15, 0.2) is 0 Å². The summed E-state index contributed by atoms with van der Waals surface area (Å²) in [5.74, 6) is -1.82. The van der Waals surface area contributed by atoms with Crippen molar-refractivity contribution in [1.82, 2.24) is 19.7 Å². The van der Waals surface area contributed by atoms with Gasteiger partial charge in [0.2, 0.25) is 0 Å². The zero-order valence-electron chi connectivity index (χ0n) is 17.7. The minimum absolute atomic E-state index is 0.00938. The molecule has 0 radical (unpaired) electrons. The van der Waals surface area contributed by atoms with Gasteiger partial charge in [-0.1, -0.05) is 0 Å². The van der Waals surface area contributed by atoms with Gasteiger partial charge in [0.05, 0.1) is 17.8 Å². The molecule has 1 N–H and O–H groups in total. The Hall–Kier alpha value is -3.68.